The number of nitrogens with zero attached hydrogens (tertiary/aromatic N) is 2. The fraction of sp³-hybridized carbons (Fsp3) is 0.417. The number of nitrogens with one attached hydrogen (secondary N) is 1. The Labute approximate surface area is 201 Å². The maximum absolute atomic E-state index is 13.4. The predicted molar refractivity (Wildman–Crippen MR) is 132 cm³/mol. The molecule has 186 valence electrons. The SMILES string of the molecule is CCNC(=O)[C@@H](C)N(CCc1ccccc1)C(=O)CN(c1ccc(OC)cc1OC)S(C)(=O)=O. The second kappa shape index (κ2) is 12.3. The van der Waals surface area contributed by atoms with Crippen molar-refractivity contribution in [1.82, 2.24) is 10.2 Å². The molecular weight excluding hydrogens is 458 g/mol. The van der Waals surface area contributed by atoms with Crippen LogP contribution < -0.4 is 19.1 Å². The molecule has 0 bridgehead atoms. The van der Waals surface area contributed by atoms with Crippen LogP contribution in [0, 0.1) is 0 Å². The van der Waals surface area contributed by atoms with Crippen molar-refractivity contribution in [2.75, 3.05) is 44.4 Å². The predicted octanol–water partition coefficient (Wildman–Crippen LogP) is 2.07. The number of anilines is 1. The average Bonchev–Trinajstić information content (AvgIpc) is 2.82. The first kappa shape index (κ1) is 27.0. The normalized spacial score (nSPS) is 11.9. The van der Waals surface area contributed by atoms with E-state index in [1.807, 2.05) is 30.3 Å². The molecule has 0 heterocycles. The van der Waals surface area contributed by atoms with Crippen molar-refractivity contribution in [3.63, 3.8) is 0 Å². The monoisotopic (exact) mass is 491 g/mol. The molecule has 10 heteroatoms. The zero-order valence-electron chi connectivity index (χ0n) is 20.3. The van der Waals surface area contributed by atoms with Gasteiger partial charge in [-0.15, -0.1) is 0 Å². The van der Waals surface area contributed by atoms with Crippen molar-refractivity contribution in [3.05, 3.63) is 54.1 Å². The number of carbonyl (C=O) groups is 2. The van der Waals surface area contributed by atoms with Crippen molar-refractivity contribution in [2.45, 2.75) is 26.3 Å². The van der Waals surface area contributed by atoms with Crippen LogP contribution >= 0.6 is 0 Å². The highest BCUT2D eigenvalue weighted by atomic mass is 32.2. The highest BCUT2D eigenvalue weighted by Gasteiger charge is 2.30. The summed E-state index contributed by atoms with van der Waals surface area (Å²) in [5.41, 5.74) is 1.20. The fourth-order valence-corrected chi connectivity index (χ4v) is 4.33. The first-order chi connectivity index (χ1) is 16.1. The largest absolute Gasteiger partial charge is 0.497 e. The molecule has 9 nitrogen and oxygen atoms in total. The van der Waals surface area contributed by atoms with Gasteiger partial charge in [0, 0.05) is 19.2 Å². The minimum atomic E-state index is -3.86. The van der Waals surface area contributed by atoms with E-state index in [0.717, 1.165) is 16.1 Å². The third-order valence-electron chi connectivity index (χ3n) is 5.34. The molecule has 0 aliphatic rings. The van der Waals surface area contributed by atoms with Gasteiger partial charge in [0.1, 0.15) is 24.1 Å². The summed E-state index contributed by atoms with van der Waals surface area (Å²) >= 11 is 0. The lowest BCUT2D eigenvalue weighted by atomic mass is 10.1. The number of ether oxygens (including phenoxy) is 2. The van der Waals surface area contributed by atoms with Gasteiger partial charge in [-0.1, -0.05) is 30.3 Å². The van der Waals surface area contributed by atoms with Gasteiger partial charge in [0.2, 0.25) is 21.8 Å². The summed E-state index contributed by atoms with van der Waals surface area (Å²) in [4.78, 5) is 27.4. The molecular formula is C24H33N3O6S. The van der Waals surface area contributed by atoms with Crippen molar-refractivity contribution < 1.29 is 27.5 Å². The summed E-state index contributed by atoms with van der Waals surface area (Å²) in [7, 11) is -0.965. The molecule has 1 atom stereocenters. The summed E-state index contributed by atoms with van der Waals surface area (Å²) in [5.74, 6) is -0.0882. The van der Waals surface area contributed by atoms with Crippen molar-refractivity contribution in [3.8, 4) is 11.5 Å². The number of amides is 2. The topological polar surface area (TPSA) is 105 Å². The lowest BCUT2D eigenvalue weighted by molar-refractivity contribution is -0.138. The van der Waals surface area contributed by atoms with Crippen molar-refractivity contribution in [1.29, 1.82) is 0 Å². The maximum atomic E-state index is 13.4. The summed E-state index contributed by atoms with van der Waals surface area (Å²) in [6.07, 6.45) is 1.53. The van der Waals surface area contributed by atoms with Gasteiger partial charge in [0.05, 0.1) is 26.2 Å². The molecule has 0 spiro atoms. The van der Waals surface area contributed by atoms with Crippen LogP contribution in [0.4, 0.5) is 5.69 Å². The molecule has 0 saturated carbocycles. The molecule has 2 amide bonds. The van der Waals surface area contributed by atoms with E-state index in [4.69, 9.17) is 9.47 Å². The lowest BCUT2D eigenvalue weighted by Gasteiger charge is -2.31. The van der Waals surface area contributed by atoms with E-state index in [2.05, 4.69) is 5.32 Å². The van der Waals surface area contributed by atoms with E-state index in [9.17, 15) is 18.0 Å². The van der Waals surface area contributed by atoms with Crippen LogP contribution in [-0.2, 0) is 26.0 Å². The first-order valence-corrected chi connectivity index (χ1v) is 12.8. The van der Waals surface area contributed by atoms with Gasteiger partial charge < -0.3 is 19.7 Å². The summed E-state index contributed by atoms with van der Waals surface area (Å²) in [6.45, 7) is 3.61. The Hall–Kier alpha value is -3.27. The molecule has 2 rings (SSSR count). The van der Waals surface area contributed by atoms with Gasteiger partial charge in [-0.25, -0.2) is 8.42 Å². The molecule has 1 N–H and O–H groups in total. The summed E-state index contributed by atoms with van der Waals surface area (Å²) < 4.78 is 36.9. The number of hydrogen-bond acceptors (Lipinski definition) is 6. The number of methoxy groups -OCH3 is 2. The van der Waals surface area contributed by atoms with E-state index in [0.29, 0.717) is 18.7 Å². The van der Waals surface area contributed by atoms with Crippen LogP contribution in [0.5, 0.6) is 11.5 Å². The fourth-order valence-electron chi connectivity index (χ4n) is 3.48. The minimum Gasteiger partial charge on any atom is -0.497 e. The number of rotatable bonds is 12. The smallest absolute Gasteiger partial charge is 0.244 e. The third-order valence-corrected chi connectivity index (χ3v) is 6.46. The second-order valence-corrected chi connectivity index (χ2v) is 9.61. The number of likely N-dealkylation sites (N-methyl/N-ethyl adjacent to an activating group) is 1. The van der Waals surface area contributed by atoms with Gasteiger partial charge in [-0.2, -0.15) is 0 Å². The van der Waals surface area contributed by atoms with Gasteiger partial charge in [-0.3, -0.25) is 13.9 Å². The Balaban J connectivity index is 2.37. The zero-order chi connectivity index (χ0) is 25.3. The lowest BCUT2D eigenvalue weighted by Crippen LogP contribution is -2.52. The van der Waals surface area contributed by atoms with Gasteiger partial charge in [-0.05, 0) is 38.0 Å². The van der Waals surface area contributed by atoms with Crippen LogP contribution in [0.15, 0.2) is 48.5 Å². The van der Waals surface area contributed by atoms with Crippen LogP contribution in [0.3, 0.4) is 0 Å². The number of benzene rings is 2. The van der Waals surface area contributed by atoms with Gasteiger partial charge in [0.25, 0.3) is 0 Å². The van der Waals surface area contributed by atoms with E-state index < -0.39 is 28.5 Å². The zero-order valence-corrected chi connectivity index (χ0v) is 21.1. The van der Waals surface area contributed by atoms with E-state index in [1.54, 1.807) is 26.0 Å². The number of carbonyl (C=O) groups excluding carboxylic acids is 2. The van der Waals surface area contributed by atoms with E-state index >= 15 is 0 Å². The summed E-state index contributed by atoms with van der Waals surface area (Å²) in [6, 6.07) is 13.4. The molecule has 0 aromatic heterocycles. The average molecular weight is 492 g/mol. The molecule has 0 aliphatic heterocycles. The molecule has 0 radical (unpaired) electrons. The third kappa shape index (κ3) is 7.11. The van der Waals surface area contributed by atoms with Crippen LogP contribution in [0.25, 0.3) is 0 Å². The Kier molecular flexibility index (Phi) is 9.73. The van der Waals surface area contributed by atoms with Crippen LogP contribution in [0.2, 0.25) is 0 Å². The Morgan fingerprint density at radius 1 is 1.06 bits per heavy atom. The van der Waals surface area contributed by atoms with Crippen molar-refractivity contribution >= 4 is 27.5 Å². The number of sulfonamides is 1. The van der Waals surface area contributed by atoms with Crippen LogP contribution in [-0.4, -0.2) is 71.3 Å². The summed E-state index contributed by atoms with van der Waals surface area (Å²) in [5, 5.41) is 2.73. The molecule has 2 aromatic carbocycles. The molecule has 34 heavy (non-hydrogen) atoms. The minimum absolute atomic E-state index is 0.202. The van der Waals surface area contributed by atoms with Gasteiger partial charge >= 0.3 is 0 Å². The van der Waals surface area contributed by atoms with Crippen LogP contribution in [0.1, 0.15) is 19.4 Å². The Bertz CT molecular complexity index is 1080. The highest BCUT2D eigenvalue weighted by molar-refractivity contribution is 7.92. The standard InChI is InChI=1S/C24H33N3O6S/c1-6-25-24(29)18(2)26(15-14-19-10-8-7-9-11-19)23(28)17-27(34(5,30)31)21-13-12-20(32-3)16-22(21)33-4/h7-13,16,18H,6,14-15,17H2,1-5H3,(H,25,29)/t18-/m1/s1. The van der Waals surface area contributed by atoms with Gasteiger partial charge in [0.15, 0.2) is 0 Å². The Morgan fingerprint density at radius 2 is 1.74 bits per heavy atom. The second-order valence-electron chi connectivity index (χ2n) is 7.70. The molecule has 0 aliphatic carbocycles. The molecule has 0 unspecified atom stereocenters. The molecule has 0 saturated heterocycles. The van der Waals surface area contributed by atoms with E-state index in [-0.39, 0.29) is 23.9 Å². The maximum Gasteiger partial charge on any atom is 0.244 e. The highest BCUT2D eigenvalue weighted by Crippen LogP contribution is 2.33. The number of hydrogen-bond donors (Lipinski definition) is 1. The first-order valence-electron chi connectivity index (χ1n) is 10.9. The molecule has 0 fully saturated rings. The van der Waals surface area contributed by atoms with E-state index in [1.165, 1.54) is 25.2 Å². The molecule has 2 aromatic rings. The Morgan fingerprint density at radius 3 is 2.29 bits per heavy atom. The van der Waals surface area contributed by atoms with Crippen molar-refractivity contribution in [2.24, 2.45) is 0 Å². The quantitative estimate of drug-likeness (QED) is 0.487.